The summed E-state index contributed by atoms with van der Waals surface area (Å²) in [6, 6.07) is 0. The number of allylic oxidation sites excluding steroid dienone is 4. The molecule has 0 aliphatic heterocycles. The predicted molar refractivity (Wildman–Crippen MR) is 111 cm³/mol. The van der Waals surface area contributed by atoms with Gasteiger partial charge in [0.05, 0.1) is 0 Å². The third-order valence-electron chi connectivity index (χ3n) is 4.28. The minimum absolute atomic E-state index is 0.306. The highest BCUT2D eigenvalue weighted by molar-refractivity contribution is 5.68. The van der Waals surface area contributed by atoms with Crippen LogP contribution in [-0.2, 0) is 9.63 Å². The molecule has 0 bridgehead atoms. The second-order valence-corrected chi connectivity index (χ2v) is 7.07. The molecule has 2 unspecified atom stereocenters. The summed E-state index contributed by atoms with van der Waals surface area (Å²) in [4.78, 5) is 16.7. The van der Waals surface area contributed by atoms with Crippen molar-refractivity contribution in [3.05, 3.63) is 24.3 Å². The number of carbonyl (C=O) groups is 1. The van der Waals surface area contributed by atoms with E-state index in [-0.39, 0.29) is 0 Å². The molecule has 0 spiro atoms. The van der Waals surface area contributed by atoms with Crippen molar-refractivity contribution in [1.82, 2.24) is 5.06 Å². The second kappa shape index (κ2) is 18.2. The number of hydrogen-bond acceptors (Lipinski definition) is 5. The quantitative estimate of drug-likeness (QED) is 0.156. The Morgan fingerprint density at radius 3 is 1.93 bits per heavy atom. The second-order valence-electron chi connectivity index (χ2n) is 7.07. The molecule has 0 amide bonds. The standard InChI is InChI=1S/C22H41NO4/c1-4-5-6-7-8-9-10-11-12-13-14-15-16-17-18-19-22(26)27-23(20(2)24)21(3)25/h8-9,11-12,20-21,24-25H,4-7,10,13-19H2,1-3H3/b9-8-,12-11-. The van der Waals surface area contributed by atoms with Gasteiger partial charge in [-0.3, -0.25) is 4.79 Å². The SMILES string of the molecule is CCCCC/C=C\C/C=C\CCCCCCCC(=O)ON(C(C)O)C(C)O. The van der Waals surface area contributed by atoms with Crippen molar-refractivity contribution in [3.8, 4) is 0 Å². The lowest BCUT2D eigenvalue weighted by Gasteiger charge is -2.25. The van der Waals surface area contributed by atoms with E-state index < -0.39 is 18.4 Å². The summed E-state index contributed by atoms with van der Waals surface area (Å²) < 4.78 is 0. The molecule has 0 aliphatic carbocycles. The van der Waals surface area contributed by atoms with E-state index in [1.165, 1.54) is 52.4 Å². The maximum Gasteiger partial charge on any atom is 0.325 e. The summed E-state index contributed by atoms with van der Waals surface area (Å²) in [6.07, 6.45) is 19.7. The van der Waals surface area contributed by atoms with Gasteiger partial charge in [0.15, 0.2) is 0 Å². The fourth-order valence-electron chi connectivity index (χ4n) is 2.71. The van der Waals surface area contributed by atoms with Crippen molar-refractivity contribution in [2.75, 3.05) is 0 Å². The lowest BCUT2D eigenvalue weighted by Crippen LogP contribution is -2.41. The molecule has 0 aromatic rings. The number of nitrogens with zero attached hydrogens (tertiary/aromatic N) is 1. The molecule has 0 rings (SSSR count). The molecule has 0 aromatic carbocycles. The number of unbranched alkanes of at least 4 members (excludes halogenated alkanes) is 8. The summed E-state index contributed by atoms with van der Waals surface area (Å²) in [5.41, 5.74) is 0. The zero-order valence-corrected chi connectivity index (χ0v) is 17.6. The highest BCUT2D eigenvalue weighted by atomic mass is 16.7. The van der Waals surface area contributed by atoms with E-state index in [1.807, 2.05) is 0 Å². The summed E-state index contributed by atoms with van der Waals surface area (Å²) in [5.74, 6) is -0.414. The Hall–Kier alpha value is -1.17. The molecule has 2 N–H and O–H groups in total. The molecule has 0 aliphatic rings. The number of hydrogen-bond donors (Lipinski definition) is 2. The van der Waals surface area contributed by atoms with Crippen LogP contribution in [0, 0.1) is 0 Å². The van der Waals surface area contributed by atoms with Crippen molar-refractivity contribution in [1.29, 1.82) is 0 Å². The van der Waals surface area contributed by atoms with Crippen LogP contribution in [0.15, 0.2) is 24.3 Å². The highest BCUT2D eigenvalue weighted by Crippen LogP contribution is 2.10. The normalized spacial score (nSPS) is 14.3. The molecule has 5 nitrogen and oxygen atoms in total. The van der Waals surface area contributed by atoms with Gasteiger partial charge >= 0.3 is 5.97 Å². The van der Waals surface area contributed by atoms with E-state index >= 15 is 0 Å². The Labute approximate surface area is 166 Å². The van der Waals surface area contributed by atoms with E-state index in [4.69, 9.17) is 4.84 Å². The van der Waals surface area contributed by atoms with Gasteiger partial charge in [-0.25, -0.2) is 0 Å². The largest absolute Gasteiger partial charge is 0.375 e. The minimum Gasteiger partial charge on any atom is -0.375 e. The summed E-state index contributed by atoms with van der Waals surface area (Å²) >= 11 is 0. The maximum absolute atomic E-state index is 11.7. The molecule has 2 atom stereocenters. The van der Waals surface area contributed by atoms with Gasteiger partial charge in [-0.1, -0.05) is 68.4 Å². The fourth-order valence-corrected chi connectivity index (χ4v) is 2.71. The van der Waals surface area contributed by atoms with Gasteiger partial charge < -0.3 is 15.1 Å². The van der Waals surface area contributed by atoms with Crippen LogP contribution in [0.25, 0.3) is 0 Å². The zero-order chi connectivity index (χ0) is 20.3. The van der Waals surface area contributed by atoms with Crippen LogP contribution < -0.4 is 0 Å². The van der Waals surface area contributed by atoms with E-state index in [0.29, 0.717) is 6.42 Å². The van der Waals surface area contributed by atoms with Crippen LogP contribution in [0.3, 0.4) is 0 Å². The predicted octanol–water partition coefficient (Wildman–Crippen LogP) is 5.24. The number of rotatable bonds is 17. The third-order valence-corrected chi connectivity index (χ3v) is 4.28. The number of aliphatic hydroxyl groups excluding tert-OH is 2. The van der Waals surface area contributed by atoms with Gasteiger partial charge in [-0.15, -0.1) is 0 Å². The van der Waals surface area contributed by atoms with Crippen molar-refractivity contribution in [2.24, 2.45) is 0 Å². The van der Waals surface area contributed by atoms with E-state index in [9.17, 15) is 15.0 Å². The van der Waals surface area contributed by atoms with Crippen LogP contribution in [0.4, 0.5) is 0 Å². The Bertz CT molecular complexity index is 397. The summed E-state index contributed by atoms with van der Waals surface area (Å²) in [7, 11) is 0. The molecule has 158 valence electrons. The summed E-state index contributed by atoms with van der Waals surface area (Å²) in [5, 5.41) is 19.7. The highest BCUT2D eigenvalue weighted by Gasteiger charge is 2.20. The van der Waals surface area contributed by atoms with Gasteiger partial charge in [0.1, 0.15) is 12.5 Å². The van der Waals surface area contributed by atoms with Crippen molar-refractivity contribution >= 4 is 5.97 Å². The average Bonchev–Trinajstić information content (AvgIpc) is 2.62. The van der Waals surface area contributed by atoms with Crippen LogP contribution in [0.2, 0.25) is 0 Å². The van der Waals surface area contributed by atoms with Crippen LogP contribution in [-0.4, -0.2) is 33.7 Å². The Morgan fingerprint density at radius 2 is 1.37 bits per heavy atom. The minimum atomic E-state index is -1.03. The van der Waals surface area contributed by atoms with Gasteiger partial charge in [0.2, 0.25) is 0 Å². The summed E-state index contributed by atoms with van der Waals surface area (Å²) in [6.45, 7) is 5.11. The van der Waals surface area contributed by atoms with Gasteiger partial charge in [0.25, 0.3) is 0 Å². The smallest absolute Gasteiger partial charge is 0.325 e. The maximum atomic E-state index is 11.7. The lowest BCUT2D eigenvalue weighted by molar-refractivity contribution is -0.276. The Kier molecular flexibility index (Phi) is 17.4. The number of carbonyl (C=O) groups excluding carboxylic acids is 1. The monoisotopic (exact) mass is 383 g/mol. The molecule has 0 heterocycles. The number of hydroxylamine groups is 2. The molecule has 0 aromatic heterocycles. The van der Waals surface area contributed by atoms with E-state index in [1.54, 1.807) is 0 Å². The Balaban J connectivity index is 3.51. The Morgan fingerprint density at radius 1 is 0.852 bits per heavy atom. The molecular weight excluding hydrogens is 342 g/mol. The van der Waals surface area contributed by atoms with Crippen LogP contribution >= 0.6 is 0 Å². The van der Waals surface area contributed by atoms with Gasteiger partial charge in [-0.2, -0.15) is 0 Å². The molecule has 0 saturated heterocycles. The van der Waals surface area contributed by atoms with Gasteiger partial charge in [0, 0.05) is 6.42 Å². The van der Waals surface area contributed by atoms with Crippen LogP contribution in [0.5, 0.6) is 0 Å². The lowest BCUT2D eigenvalue weighted by atomic mass is 10.1. The van der Waals surface area contributed by atoms with Crippen molar-refractivity contribution < 1.29 is 19.8 Å². The zero-order valence-electron chi connectivity index (χ0n) is 17.6. The molecule has 27 heavy (non-hydrogen) atoms. The van der Waals surface area contributed by atoms with Crippen molar-refractivity contribution in [2.45, 2.75) is 110 Å². The first-order valence-electron chi connectivity index (χ1n) is 10.6. The third kappa shape index (κ3) is 16.7. The topological polar surface area (TPSA) is 70.0 Å². The van der Waals surface area contributed by atoms with Gasteiger partial charge in [-0.05, 0) is 52.4 Å². The fraction of sp³-hybridized carbons (Fsp3) is 0.773. The molecule has 0 radical (unpaired) electrons. The van der Waals surface area contributed by atoms with E-state index in [0.717, 1.165) is 37.2 Å². The van der Waals surface area contributed by atoms with Crippen molar-refractivity contribution in [3.63, 3.8) is 0 Å². The molecule has 5 heteroatoms. The van der Waals surface area contributed by atoms with Crippen LogP contribution in [0.1, 0.15) is 97.8 Å². The molecule has 0 fully saturated rings. The first kappa shape index (κ1) is 25.8. The molecule has 0 saturated carbocycles. The first-order valence-corrected chi connectivity index (χ1v) is 10.6. The first-order chi connectivity index (χ1) is 13.0. The molecular formula is C22H41NO4. The number of aliphatic hydroxyl groups is 2. The average molecular weight is 384 g/mol. The van der Waals surface area contributed by atoms with E-state index in [2.05, 4.69) is 31.2 Å².